The Balaban J connectivity index is 1.62. The highest BCUT2D eigenvalue weighted by atomic mass is 16.4. The minimum atomic E-state index is -0.981. The van der Waals surface area contributed by atoms with E-state index in [-0.39, 0.29) is 17.0 Å². The summed E-state index contributed by atoms with van der Waals surface area (Å²) in [6.45, 7) is 4.12. The number of aromatic nitrogens is 3. The summed E-state index contributed by atoms with van der Waals surface area (Å²) in [6.07, 6.45) is 1.87. The Kier molecular flexibility index (Phi) is 4.25. The maximum Gasteiger partial charge on any atom is 0.335 e. The van der Waals surface area contributed by atoms with Gasteiger partial charge in [0.05, 0.1) is 16.5 Å². The number of benzene rings is 2. The van der Waals surface area contributed by atoms with E-state index in [1.165, 1.54) is 12.1 Å². The SMILES string of the molecule is CC(C)n1[nH]cc2c(-c3ccc(-c4ccc(C(=O)O)cc4)o3)c3oc4cc(=O)ccc4c3nc21. The van der Waals surface area contributed by atoms with Crippen LogP contribution >= 0.6 is 0 Å². The highest BCUT2D eigenvalue weighted by Crippen LogP contribution is 2.41. The van der Waals surface area contributed by atoms with Crippen molar-refractivity contribution in [2.45, 2.75) is 19.9 Å². The monoisotopic (exact) mass is 453 g/mol. The highest BCUT2D eigenvalue weighted by Gasteiger charge is 2.23. The standard InChI is InChI=1S/C26H19N3O5/c1-13(2)29-25-18(12-27-29)22(24-23(28-25)17-8-7-16(30)11-21(17)34-24)20-10-9-19(33-20)14-3-5-15(6-4-14)26(31)32/h3-13,27H,1-2H3,(H,31,32). The maximum absolute atomic E-state index is 11.9. The molecule has 168 valence electrons. The van der Waals surface area contributed by atoms with Crippen molar-refractivity contribution >= 4 is 39.1 Å². The number of nitrogens with one attached hydrogen (secondary N) is 1. The van der Waals surface area contributed by atoms with Gasteiger partial charge in [-0.1, -0.05) is 12.1 Å². The lowest BCUT2D eigenvalue weighted by Crippen LogP contribution is -2.03. The summed E-state index contributed by atoms with van der Waals surface area (Å²) < 4.78 is 14.4. The molecule has 2 N–H and O–H groups in total. The fraction of sp³-hybridized carbons (Fsp3) is 0.115. The molecule has 0 fully saturated rings. The first kappa shape index (κ1) is 20.0. The van der Waals surface area contributed by atoms with Crippen LogP contribution in [0.4, 0.5) is 0 Å². The van der Waals surface area contributed by atoms with Gasteiger partial charge in [-0.3, -0.25) is 9.48 Å². The van der Waals surface area contributed by atoms with Crippen molar-refractivity contribution in [2.24, 2.45) is 0 Å². The second-order valence-corrected chi connectivity index (χ2v) is 8.45. The Morgan fingerprint density at radius 3 is 2.50 bits per heavy atom. The number of nitrogens with zero attached hydrogens (tertiary/aromatic N) is 2. The highest BCUT2D eigenvalue weighted by molar-refractivity contribution is 6.13. The largest absolute Gasteiger partial charge is 0.478 e. The van der Waals surface area contributed by atoms with Crippen LogP contribution < -0.4 is 5.43 Å². The van der Waals surface area contributed by atoms with Crippen molar-refractivity contribution in [3.8, 4) is 22.6 Å². The Hall–Kier alpha value is -4.59. The number of H-pyrrole nitrogens is 1. The molecule has 0 spiro atoms. The average molecular weight is 453 g/mol. The lowest BCUT2D eigenvalue weighted by atomic mass is 10.1. The van der Waals surface area contributed by atoms with Crippen LogP contribution in [0.3, 0.4) is 0 Å². The van der Waals surface area contributed by atoms with E-state index in [1.54, 1.807) is 30.3 Å². The van der Waals surface area contributed by atoms with Gasteiger partial charge in [-0.2, -0.15) is 0 Å². The molecule has 0 atom stereocenters. The molecule has 8 heteroatoms. The lowest BCUT2D eigenvalue weighted by molar-refractivity contribution is 0.0697. The average Bonchev–Trinajstić information content (AvgIpc) is 3.54. The Morgan fingerprint density at radius 2 is 1.76 bits per heavy atom. The van der Waals surface area contributed by atoms with Gasteiger partial charge in [-0.25, -0.2) is 9.78 Å². The fourth-order valence-corrected chi connectivity index (χ4v) is 4.30. The fourth-order valence-electron chi connectivity index (χ4n) is 4.30. The van der Waals surface area contributed by atoms with E-state index in [2.05, 4.69) is 18.9 Å². The predicted octanol–water partition coefficient (Wildman–Crippen LogP) is 5.83. The van der Waals surface area contributed by atoms with Gasteiger partial charge in [0.1, 0.15) is 22.6 Å². The molecule has 0 aliphatic rings. The number of aromatic carboxylic acids is 1. The summed E-state index contributed by atoms with van der Waals surface area (Å²) in [7, 11) is 0. The van der Waals surface area contributed by atoms with Crippen molar-refractivity contribution in [3.05, 3.63) is 76.6 Å². The second-order valence-electron chi connectivity index (χ2n) is 8.45. The van der Waals surface area contributed by atoms with Crippen LogP contribution in [0.15, 0.2) is 74.4 Å². The zero-order valence-electron chi connectivity index (χ0n) is 18.3. The number of carbonyl (C=O) groups is 1. The first-order valence-corrected chi connectivity index (χ1v) is 10.8. The third-order valence-electron chi connectivity index (χ3n) is 5.95. The summed E-state index contributed by atoms with van der Waals surface area (Å²) in [6, 6.07) is 15.0. The second kappa shape index (κ2) is 7.21. The van der Waals surface area contributed by atoms with Crippen molar-refractivity contribution < 1.29 is 18.7 Å². The van der Waals surface area contributed by atoms with Gasteiger partial charge >= 0.3 is 5.97 Å². The van der Waals surface area contributed by atoms with Gasteiger partial charge in [-0.05, 0) is 50.2 Å². The summed E-state index contributed by atoms with van der Waals surface area (Å²) in [5.74, 6) is 0.187. The molecule has 4 heterocycles. The third kappa shape index (κ3) is 2.96. The molecule has 8 nitrogen and oxygen atoms in total. The van der Waals surface area contributed by atoms with Crippen molar-refractivity contribution in [2.75, 3.05) is 0 Å². The minimum absolute atomic E-state index is 0.136. The van der Waals surface area contributed by atoms with Crippen molar-refractivity contribution in [1.82, 2.24) is 14.8 Å². The lowest BCUT2D eigenvalue weighted by Gasteiger charge is -2.08. The molecule has 0 radical (unpaired) electrons. The molecule has 2 aromatic carbocycles. The molecule has 34 heavy (non-hydrogen) atoms. The number of carboxylic acid groups (broad SMARTS) is 1. The number of rotatable bonds is 4. The number of hydrogen-bond acceptors (Lipinski definition) is 5. The van der Waals surface area contributed by atoms with Gasteiger partial charge in [0, 0.05) is 29.3 Å². The molecule has 0 aliphatic heterocycles. The molecule has 0 saturated heterocycles. The minimum Gasteiger partial charge on any atom is -0.478 e. The predicted molar refractivity (Wildman–Crippen MR) is 128 cm³/mol. The molecule has 4 aromatic heterocycles. The molecule has 0 aliphatic carbocycles. The Bertz CT molecular complexity index is 1780. The van der Waals surface area contributed by atoms with E-state index in [0.717, 1.165) is 27.5 Å². The van der Waals surface area contributed by atoms with Gasteiger partial charge in [-0.15, -0.1) is 0 Å². The summed E-state index contributed by atoms with van der Waals surface area (Å²) >= 11 is 0. The molecule has 0 amide bonds. The Labute approximate surface area is 192 Å². The van der Waals surface area contributed by atoms with Crippen molar-refractivity contribution in [3.63, 3.8) is 0 Å². The number of pyridine rings is 1. The van der Waals surface area contributed by atoms with E-state index in [4.69, 9.17) is 18.9 Å². The summed E-state index contributed by atoms with van der Waals surface area (Å²) in [4.78, 5) is 28.0. The first-order chi connectivity index (χ1) is 16.4. The van der Waals surface area contributed by atoms with Gasteiger partial charge in [0.2, 0.25) is 0 Å². The van der Waals surface area contributed by atoms with Gasteiger partial charge in [0.15, 0.2) is 16.7 Å². The maximum atomic E-state index is 11.9. The number of carboxylic acids is 1. The molecular weight excluding hydrogens is 434 g/mol. The van der Waals surface area contributed by atoms with Crippen LogP contribution in [0.5, 0.6) is 0 Å². The molecule has 0 unspecified atom stereocenters. The van der Waals surface area contributed by atoms with E-state index >= 15 is 0 Å². The zero-order valence-corrected chi connectivity index (χ0v) is 18.3. The van der Waals surface area contributed by atoms with Crippen LogP contribution in [0.1, 0.15) is 30.2 Å². The number of fused-ring (bicyclic) bond motifs is 4. The van der Waals surface area contributed by atoms with Crippen LogP contribution in [0.2, 0.25) is 0 Å². The van der Waals surface area contributed by atoms with E-state index in [1.807, 2.05) is 23.0 Å². The van der Waals surface area contributed by atoms with Crippen LogP contribution in [-0.4, -0.2) is 25.8 Å². The van der Waals surface area contributed by atoms with E-state index in [9.17, 15) is 9.59 Å². The first-order valence-electron chi connectivity index (χ1n) is 10.8. The number of aromatic amines is 1. The molecule has 6 aromatic rings. The topological polar surface area (TPSA) is 114 Å². The van der Waals surface area contributed by atoms with E-state index < -0.39 is 5.97 Å². The third-order valence-corrected chi connectivity index (χ3v) is 5.95. The van der Waals surface area contributed by atoms with E-state index in [0.29, 0.717) is 28.2 Å². The molecule has 6 rings (SSSR count). The van der Waals surface area contributed by atoms with Crippen LogP contribution in [0, 0.1) is 0 Å². The smallest absolute Gasteiger partial charge is 0.335 e. The Morgan fingerprint density at radius 1 is 1.00 bits per heavy atom. The van der Waals surface area contributed by atoms with Gasteiger partial charge < -0.3 is 19.0 Å². The molecule has 0 bridgehead atoms. The van der Waals surface area contributed by atoms with Crippen LogP contribution in [0.25, 0.3) is 55.7 Å². The zero-order chi connectivity index (χ0) is 23.6. The van der Waals surface area contributed by atoms with Gasteiger partial charge in [0.25, 0.3) is 0 Å². The summed E-state index contributed by atoms with van der Waals surface area (Å²) in [5.41, 5.74) is 3.95. The number of hydrogen-bond donors (Lipinski definition) is 2. The van der Waals surface area contributed by atoms with Crippen LogP contribution in [-0.2, 0) is 0 Å². The molecule has 0 saturated carbocycles. The quantitative estimate of drug-likeness (QED) is 0.347. The van der Waals surface area contributed by atoms with Crippen molar-refractivity contribution in [1.29, 1.82) is 0 Å². The summed E-state index contributed by atoms with van der Waals surface area (Å²) in [5, 5.41) is 14.0. The normalized spacial score (nSPS) is 11.9. The molecular formula is C26H19N3O5. The number of furan rings is 2.